The molecule has 0 aliphatic carbocycles. The van der Waals surface area contributed by atoms with Crippen molar-refractivity contribution in [2.45, 2.75) is 6.92 Å². The van der Waals surface area contributed by atoms with E-state index in [1.165, 1.54) is 4.68 Å². The zero-order chi connectivity index (χ0) is 13.3. The Kier molecular flexibility index (Phi) is 3.25. The number of anilines is 1. The van der Waals surface area contributed by atoms with Crippen LogP contribution in [-0.2, 0) is 7.05 Å². The first-order chi connectivity index (χ1) is 8.49. The number of aryl methyl sites for hydroxylation is 2. The van der Waals surface area contributed by atoms with Crippen LogP contribution in [0.5, 0.6) is 0 Å². The van der Waals surface area contributed by atoms with Gasteiger partial charge in [-0.1, -0.05) is 11.6 Å². The van der Waals surface area contributed by atoms with Crippen LogP contribution in [0.25, 0.3) is 0 Å². The van der Waals surface area contributed by atoms with Crippen molar-refractivity contribution in [3.63, 3.8) is 0 Å². The van der Waals surface area contributed by atoms with Crippen molar-refractivity contribution in [1.82, 2.24) is 9.78 Å². The van der Waals surface area contributed by atoms with Crippen LogP contribution in [-0.4, -0.2) is 15.7 Å². The number of carbonyl (C=O) groups is 1. The number of aromatic amines is 1. The predicted molar refractivity (Wildman–Crippen MR) is 70.2 cm³/mol. The Morgan fingerprint density at radius 3 is 2.44 bits per heavy atom. The number of nitrogens with one attached hydrogen (secondary N) is 2. The molecule has 5 nitrogen and oxygen atoms in total. The second kappa shape index (κ2) is 4.70. The fraction of sp³-hybridized carbons (Fsp3) is 0.167. The molecule has 0 aliphatic rings. The summed E-state index contributed by atoms with van der Waals surface area (Å²) >= 11 is 5.75. The first-order valence-corrected chi connectivity index (χ1v) is 5.69. The van der Waals surface area contributed by atoms with Crippen LogP contribution in [0.3, 0.4) is 0 Å². The lowest BCUT2D eigenvalue weighted by atomic mass is 10.2. The van der Waals surface area contributed by atoms with Crippen LogP contribution in [0.4, 0.5) is 5.69 Å². The molecule has 1 aromatic heterocycles. The van der Waals surface area contributed by atoms with E-state index in [0.29, 0.717) is 16.4 Å². The molecule has 94 valence electrons. The van der Waals surface area contributed by atoms with Crippen molar-refractivity contribution >= 4 is 23.2 Å². The molecule has 6 heteroatoms. The predicted octanol–water partition coefficient (Wildman–Crippen LogP) is 1.93. The standard InChI is InChI=1S/C12H12ClN3O2/c1-7-10(12(18)16(2)15-7)11(17)14-9-5-3-8(13)4-6-9/h3-6,15H,1-2H3,(H,14,17). The summed E-state index contributed by atoms with van der Waals surface area (Å²) in [6.45, 7) is 1.68. The van der Waals surface area contributed by atoms with Crippen molar-refractivity contribution in [3.05, 3.63) is 50.9 Å². The minimum absolute atomic E-state index is 0.118. The van der Waals surface area contributed by atoms with E-state index in [9.17, 15) is 9.59 Å². The molecule has 18 heavy (non-hydrogen) atoms. The molecule has 0 radical (unpaired) electrons. The topological polar surface area (TPSA) is 66.9 Å². The molecule has 0 bridgehead atoms. The van der Waals surface area contributed by atoms with Crippen LogP contribution in [0.2, 0.25) is 5.02 Å². The lowest BCUT2D eigenvalue weighted by Gasteiger charge is -2.03. The maximum atomic E-state index is 12.0. The fourth-order valence-electron chi connectivity index (χ4n) is 1.68. The third-order valence-electron chi connectivity index (χ3n) is 2.56. The van der Waals surface area contributed by atoms with Gasteiger partial charge in [0, 0.05) is 23.5 Å². The molecule has 0 saturated heterocycles. The SMILES string of the molecule is Cc1[nH]n(C)c(=O)c1C(=O)Nc1ccc(Cl)cc1. The molecule has 1 aromatic carbocycles. The first kappa shape index (κ1) is 12.4. The molecule has 0 spiro atoms. The summed E-state index contributed by atoms with van der Waals surface area (Å²) < 4.78 is 1.27. The lowest BCUT2D eigenvalue weighted by Crippen LogP contribution is -2.23. The van der Waals surface area contributed by atoms with E-state index in [4.69, 9.17) is 11.6 Å². The molecule has 0 atom stereocenters. The Morgan fingerprint density at radius 1 is 1.33 bits per heavy atom. The van der Waals surface area contributed by atoms with Crippen molar-refractivity contribution < 1.29 is 4.79 Å². The van der Waals surface area contributed by atoms with E-state index in [2.05, 4.69) is 10.4 Å². The third-order valence-corrected chi connectivity index (χ3v) is 2.81. The number of hydrogen-bond acceptors (Lipinski definition) is 2. The van der Waals surface area contributed by atoms with Crippen LogP contribution < -0.4 is 10.9 Å². The fourth-order valence-corrected chi connectivity index (χ4v) is 1.81. The van der Waals surface area contributed by atoms with Crippen LogP contribution in [0.15, 0.2) is 29.1 Å². The zero-order valence-corrected chi connectivity index (χ0v) is 10.7. The highest BCUT2D eigenvalue weighted by molar-refractivity contribution is 6.30. The Bertz CT molecular complexity index is 640. The van der Waals surface area contributed by atoms with Crippen molar-refractivity contribution in [2.75, 3.05) is 5.32 Å². The number of H-pyrrole nitrogens is 1. The maximum absolute atomic E-state index is 12.0. The monoisotopic (exact) mass is 265 g/mol. The Hall–Kier alpha value is -2.01. The Labute approximate surface area is 108 Å². The van der Waals surface area contributed by atoms with Gasteiger partial charge in [-0.3, -0.25) is 19.4 Å². The highest BCUT2D eigenvalue weighted by atomic mass is 35.5. The van der Waals surface area contributed by atoms with Gasteiger partial charge in [0.15, 0.2) is 0 Å². The molecule has 1 amide bonds. The summed E-state index contributed by atoms with van der Waals surface area (Å²) in [6.07, 6.45) is 0. The van der Waals surface area contributed by atoms with E-state index in [1.54, 1.807) is 38.2 Å². The molecule has 0 fully saturated rings. The molecular weight excluding hydrogens is 254 g/mol. The number of nitrogens with zero attached hydrogens (tertiary/aromatic N) is 1. The molecule has 2 rings (SSSR count). The van der Waals surface area contributed by atoms with Gasteiger partial charge in [0.25, 0.3) is 11.5 Å². The van der Waals surface area contributed by atoms with Gasteiger partial charge in [0.2, 0.25) is 0 Å². The molecule has 0 unspecified atom stereocenters. The van der Waals surface area contributed by atoms with E-state index in [1.807, 2.05) is 0 Å². The summed E-state index contributed by atoms with van der Waals surface area (Å²) in [5, 5.41) is 6.01. The molecule has 2 N–H and O–H groups in total. The molecule has 1 heterocycles. The normalized spacial score (nSPS) is 10.4. The highest BCUT2D eigenvalue weighted by Crippen LogP contribution is 2.14. The molecule has 0 aliphatic heterocycles. The van der Waals surface area contributed by atoms with Gasteiger partial charge < -0.3 is 5.32 Å². The smallest absolute Gasteiger partial charge is 0.279 e. The molecule has 2 aromatic rings. The lowest BCUT2D eigenvalue weighted by molar-refractivity contribution is 0.102. The Morgan fingerprint density at radius 2 is 1.94 bits per heavy atom. The van der Waals surface area contributed by atoms with E-state index in [0.717, 1.165) is 0 Å². The number of carbonyl (C=O) groups excluding carboxylic acids is 1. The van der Waals surface area contributed by atoms with E-state index in [-0.39, 0.29) is 11.1 Å². The molecule has 0 saturated carbocycles. The summed E-state index contributed by atoms with van der Waals surface area (Å²) in [5.74, 6) is -0.434. The van der Waals surface area contributed by atoms with E-state index < -0.39 is 5.91 Å². The molecular formula is C12H12ClN3O2. The third kappa shape index (κ3) is 2.31. The Balaban J connectivity index is 2.27. The van der Waals surface area contributed by atoms with Crippen LogP contribution in [0.1, 0.15) is 16.1 Å². The highest BCUT2D eigenvalue weighted by Gasteiger charge is 2.17. The maximum Gasteiger partial charge on any atom is 0.279 e. The number of hydrogen-bond donors (Lipinski definition) is 2. The number of benzene rings is 1. The first-order valence-electron chi connectivity index (χ1n) is 5.31. The van der Waals surface area contributed by atoms with Crippen molar-refractivity contribution in [1.29, 1.82) is 0 Å². The van der Waals surface area contributed by atoms with Crippen molar-refractivity contribution in [2.24, 2.45) is 7.05 Å². The summed E-state index contributed by atoms with van der Waals surface area (Å²) in [4.78, 5) is 23.7. The van der Waals surface area contributed by atoms with Gasteiger partial charge >= 0.3 is 0 Å². The van der Waals surface area contributed by atoms with Crippen LogP contribution in [0, 0.1) is 6.92 Å². The van der Waals surface area contributed by atoms with Gasteiger partial charge in [0.05, 0.1) is 0 Å². The number of rotatable bonds is 2. The summed E-state index contributed by atoms with van der Waals surface area (Å²) in [7, 11) is 1.56. The van der Waals surface area contributed by atoms with Gasteiger partial charge in [0.1, 0.15) is 5.56 Å². The van der Waals surface area contributed by atoms with Crippen molar-refractivity contribution in [3.8, 4) is 0 Å². The average Bonchev–Trinajstić information content (AvgIpc) is 2.56. The summed E-state index contributed by atoms with van der Waals surface area (Å²) in [5.41, 5.74) is 0.896. The average molecular weight is 266 g/mol. The van der Waals surface area contributed by atoms with Gasteiger partial charge in [-0.05, 0) is 31.2 Å². The zero-order valence-electron chi connectivity index (χ0n) is 9.95. The minimum Gasteiger partial charge on any atom is -0.322 e. The second-order valence-electron chi connectivity index (χ2n) is 3.94. The van der Waals surface area contributed by atoms with Gasteiger partial charge in [-0.15, -0.1) is 0 Å². The largest absolute Gasteiger partial charge is 0.322 e. The van der Waals surface area contributed by atoms with Gasteiger partial charge in [-0.25, -0.2) is 0 Å². The quantitative estimate of drug-likeness (QED) is 0.871. The minimum atomic E-state index is -0.434. The van der Waals surface area contributed by atoms with Gasteiger partial charge in [-0.2, -0.15) is 0 Å². The van der Waals surface area contributed by atoms with E-state index >= 15 is 0 Å². The number of aromatic nitrogens is 2. The second-order valence-corrected chi connectivity index (χ2v) is 4.37. The summed E-state index contributed by atoms with van der Waals surface area (Å²) in [6, 6.07) is 6.68. The van der Waals surface area contributed by atoms with Crippen LogP contribution >= 0.6 is 11.6 Å². The number of amides is 1. The number of halogens is 1.